The number of ketones is 1. The summed E-state index contributed by atoms with van der Waals surface area (Å²) in [6, 6.07) is 0.736. The molecule has 0 amide bonds. The van der Waals surface area contributed by atoms with Crippen molar-refractivity contribution in [2.24, 2.45) is 0 Å². The van der Waals surface area contributed by atoms with Crippen molar-refractivity contribution in [1.29, 1.82) is 0 Å². The summed E-state index contributed by atoms with van der Waals surface area (Å²) in [6.45, 7) is 1.15. The molecule has 0 aliphatic heterocycles. The minimum absolute atomic E-state index is 0.236. The fourth-order valence-corrected chi connectivity index (χ4v) is 1.05. The molecule has 1 aromatic carbocycles. The summed E-state index contributed by atoms with van der Waals surface area (Å²) in [7, 11) is 1.13. The second-order valence-corrected chi connectivity index (χ2v) is 2.66. The molecule has 1 aromatic rings. The van der Waals surface area contributed by atoms with E-state index in [0.717, 1.165) is 20.1 Å². The SMILES string of the molecule is COc1c(C(C)=O)cc(F)c(O)c1F. The first kappa shape index (κ1) is 10.4. The Balaban J connectivity index is 3.51. The van der Waals surface area contributed by atoms with E-state index in [0.29, 0.717) is 0 Å². The zero-order chi connectivity index (χ0) is 10.9. The van der Waals surface area contributed by atoms with Crippen molar-refractivity contribution in [3.8, 4) is 11.5 Å². The van der Waals surface area contributed by atoms with E-state index < -0.39 is 28.9 Å². The zero-order valence-electron chi connectivity index (χ0n) is 7.60. The lowest BCUT2D eigenvalue weighted by Crippen LogP contribution is -2.02. The molecule has 0 spiro atoms. The molecule has 0 bridgehead atoms. The van der Waals surface area contributed by atoms with Crippen molar-refractivity contribution in [2.45, 2.75) is 6.92 Å². The fourth-order valence-electron chi connectivity index (χ4n) is 1.05. The van der Waals surface area contributed by atoms with E-state index in [1.165, 1.54) is 0 Å². The van der Waals surface area contributed by atoms with Gasteiger partial charge >= 0.3 is 0 Å². The number of hydrogen-bond acceptors (Lipinski definition) is 3. The Hall–Kier alpha value is -1.65. The maximum Gasteiger partial charge on any atom is 0.210 e. The van der Waals surface area contributed by atoms with Crippen LogP contribution in [0.5, 0.6) is 11.5 Å². The molecule has 0 radical (unpaired) electrons. The second kappa shape index (κ2) is 3.61. The summed E-state index contributed by atoms with van der Waals surface area (Å²) < 4.78 is 30.5. The number of carbonyl (C=O) groups is 1. The summed E-state index contributed by atoms with van der Waals surface area (Å²) >= 11 is 0. The molecule has 0 aliphatic carbocycles. The summed E-state index contributed by atoms with van der Waals surface area (Å²) in [4.78, 5) is 10.9. The summed E-state index contributed by atoms with van der Waals surface area (Å²) in [5.41, 5.74) is -0.236. The highest BCUT2D eigenvalue weighted by Crippen LogP contribution is 2.32. The van der Waals surface area contributed by atoms with Crippen LogP contribution >= 0.6 is 0 Å². The molecule has 76 valence electrons. The van der Waals surface area contributed by atoms with Gasteiger partial charge in [-0.25, -0.2) is 4.39 Å². The van der Waals surface area contributed by atoms with Gasteiger partial charge in [-0.05, 0) is 13.0 Å². The van der Waals surface area contributed by atoms with Crippen molar-refractivity contribution >= 4 is 5.78 Å². The normalized spacial score (nSPS) is 10.0. The summed E-state index contributed by atoms with van der Waals surface area (Å²) in [5.74, 6) is -4.59. The van der Waals surface area contributed by atoms with Crippen LogP contribution in [0.2, 0.25) is 0 Å². The fraction of sp³-hybridized carbons (Fsp3) is 0.222. The Labute approximate surface area is 78.9 Å². The summed E-state index contributed by atoms with van der Waals surface area (Å²) in [6.07, 6.45) is 0. The van der Waals surface area contributed by atoms with Gasteiger partial charge in [-0.2, -0.15) is 4.39 Å². The van der Waals surface area contributed by atoms with E-state index in [1.807, 2.05) is 0 Å². The van der Waals surface area contributed by atoms with Gasteiger partial charge in [0.1, 0.15) is 0 Å². The zero-order valence-corrected chi connectivity index (χ0v) is 7.60. The lowest BCUT2D eigenvalue weighted by molar-refractivity contribution is 0.101. The molecular weight excluding hydrogens is 194 g/mol. The van der Waals surface area contributed by atoms with Crippen molar-refractivity contribution in [2.75, 3.05) is 7.11 Å². The topological polar surface area (TPSA) is 46.5 Å². The van der Waals surface area contributed by atoms with Crippen molar-refractivity contribution in [1.82, 2.24) is 0 Å². The molecule has 0 heterocycles. The molecule has 0 saturated heterocycles. The molecule has 0 saturated carbocycles. The Kier molecular flexibility index (Phi) is 2.69. The van der Waals surface area contributed by atoms with Crippen LogP contribution in [0.15, 0.2) is 6.07 Å². The molecule has 5 heteroatoms. The minimum atomic E-state index is -1.27. The molecule has 0 aromatic heterocycles. The number of methoxy groups -OCH3 is 1. The van der Waals surface area contributed by atoms with Gasteiger partial charge in [0.25, 0.3) is 0 Å². The van der Waals surface area contributed by atoms with E-state index >= 15 is 0 Å². The summed E-state index contributed by atoms with van der Waals surface area (Å²) in [5, 5.41) is 8.88. The molecule has 3 nitrogen and oxygen atoms in total. The van der Waals surface area contributed by atoms with Crippen LogP contribution in [0.25, 0.3) is 0 Å². The van der Waals surface area contributed by atoms with Crippen LogP contribution < -0.4 is 4.74 Å². The van der Waals surface area contributed by atoms with Gasteiger partial charge in [-0.3, -0.25) is 4.79 Å². The molecule has 14 heavy (non-hydrogen) atoms. The molecule has 0 unspecified atom stereocenters. The number of phenolic OH excluding ortho intramolecular Hbond substituents is 1. The lowest BCUT2D eigenvalue weighted by atomic mass is 10.1. The molecule has 0 aliphatic rings. The monoisotopic (exact) mass is 202 g/mol. The highest BCUT2D eigenvalue weighted by molar-refractivity contribution is 5.97. The van der Waals surface area contributed by atoms with E-state index in [9.17, 15) is 13.6 Å². The number of rotatable bonds is 2. The highest BCUT2D eigenvalue weighted by atomic mass is 19.1. The minimum Gasteiger partial charge on any atom is -0.503 e. The van der Waals surface area contributed by atoms with E-state index in [-0.39, 0.29) is 5.56 Å². The second-order valence-electron chi connectivity index (χ2n) is 2.66. The molecular formula is C9H8F2O3. The molecule has 1 rings (SSSR count). The van der Waals surface area contributed by atoms with Crippen LogP contribution in [0.4, 0.5) is 8.78 Å². The Morgan fingerprint density at radius 2 is 2.07 bits per heavy atom. The van der Waals surface area contributed by atoms with Crippen molar-refractivity contribution in [3.63, 3.8) is 0 Å². The van der Waals surface area contributed by atoms with Crippen LogP contribution in [0.3, 0.4) is 0 Å². The quantitative estimate of drug-likeness (QED) is 0.745. The number of aromatic hydroxyl groups is 1. The van der Waals surface area contributed by atoms with Gasteiger partial charge < -0.3 is 9.84 Å². The number of benzene rings is 1. The van der Waals surface area contributed by atoms with E-state index in [4.69, 9.17) is 5.11 Å². The maximum absolute atomic E-state index is 13.1. The average molecular weight is 202 g/mol. The van der Waals surface area contributed by atoms with Crippen LogP contribution in [-0.4, -0.2) is 18.0 Å². The first-order valence-corrected chi connectivity index (χ1v) is 3.75. The Morgan fingerprint density at radius 3 is 2.50 bits per heavy atom. The Morgan fingerprint density at radius 1 is 1.50 bits per heavy atom. The van der Waals surface area contributed by atoms with Crippen molar-refractivity contribution < 1.29 is 23.4 Å². The van der Waals surface area contributed by atoms with E-state index in [1.54, 1.807) is 0 Å². The first-order valence-electron chi connectivity index (χ1n) is 3.75. The number of phenols is 1. The average Bonchev–Trinajstić information content (AvgIpc) is 2.13. The van der Waals surface area contributed by atoms with Crippen LogP contribution in [-0.2, 0) is 0 Å². The number of Topliss-reactive ketones (excluding diaryl/α,β-unsaturated/α-hetero) is 1. The van der Waals surface area contributed by atoms with Gasteiger partial charge in [0, 0.05) is 0 Å². The molecule has 0 atom stereocenters. The van der Waals surface area contributed by atoms with Gasteiger partial charge in [0.2, 0.25) is 5.82 Å². The third kappa shape index (κ3) is 1.53. The number of hydrogen-bond donors (Lipinski definition) is 1. The predicted octanol–water partition coefficient (Wildman–Crippen LogP) is 1.88. The van der Waals surface area contributed by atoms with Gasteiger partial charge in [-0.15, -0.1) is 0 Å². The Bertz CT molecular complexity index is 388. The van der Waals surface area contributed by atoms with E-state index in [2.05, 4.69) is 4.74 Å². The standard InChI is InChI=1S/C9H8F2O3/c1-4(12)5-3-6(10)8(13)7(11)9(5)14-2/h3,13H,1-2H3. The smallest absolute Gasteiger partial charge is 0.210 e. The maximum atomic E-state index is 13.1. The highest BCUT2D eigenvalue weighted by Gasteiger charge is 2.20. The van der Waals surface area contributed by atoms with Gasteiger partial charge in [-0.1, -0.05) is 0 Å². The first-order chi connectivity index (χ1) is 6.49. The van der Waals surface area contributed by atoms with Crippen LogP contribution in [0.1, 0.15) is 17.3 Å². The largest absolute Gasteiger partial charge is 0.503 e. The number of carbonyl (C=O) groups excluding carboxylic acids is 1. The number of ether oxygens (including phenoxy) is 1. The molecule has 0 fully saturated rings. The third-order valence-electron chi connectivity index (χ3n) is 1.73. The van der Waals surface area contributed by atoms with Crippen molar-refractivity contribution in [3.05, 3.63) is 23.3 Å². The molecule has 1 N–H and O–H groups in total. The lowest BCUT2D eigenvalue weighted by Gasteiger charge is -2.08. The third-order valence-corrected chi connectivity index (χ3v) is 1.73. The van der Waals surface area contributed by atoms with Gasteiger partial charge in [0.05, 0.1) is 12.7 Å². The number of halogens is 2. The van der Waals surface area contributed by atoms with Gasteiger partial charge in [0.15, 0.2) is 23.1 Å². The predicted molar refractivity (Wildman–Crippen MR) is 44.6 cm³/mol. The van der Waals surface area contributed by atoms with Crippen LogP contribution in [0, 0.1) is 11.6 Å².